The van der Waals surface area contributed by atoms with Crippen molar-refractivity contribution >= 4 is 22.8 Å². The van der Waals surface area contributed by atoms with Crippen LogP contribution in [-0.4, -0.2) is 48.5 Å². The Hall–Kier alpha value is -4.48. The number of fused-ring (bicyclic) bond motifs is 1. The lowest BCUT2D eigenvalue weighted by Crippen LogP contribution is -2.44. The fourth-order valence-electron chi connectivity index (χ4n) is 4.22. The number of aryl methyl sites for hydroxylation is 1. The number of nitrogens with zero attached hydrogens (tertiary/aromatic N) is 2. The van der Waals surface area contributed by atoms with E-state index in [1.807, 2.05) is 0 Å². The summed E-state index contributed by atoms with van der Waals surface area (Å²) in [7, 11) is 1.56. The Morgan fingerprint density at radius 1 is 1.08 bits per heavy atom. The van der Waals surface area contributed by atoms with Gasteiger partial charge >= 0.3 is 11.7 Å². The average Bonchev–Trinajstić information content (AvgIpc) is 2.92. The SMILES string of the molecule is CC=CC(O)/C(C(=O)NC(Cc1ccc(-n2c(=O)c3cc(CN)ccc3n(C)c2=O)cc1)C(=O)O)=C(/O)CC. The van der Waals surface area contributed by atoms with Crippen molar-refractivity contribution in [1.82, 2.24) is 14.5 Å². The van der Waals surface area contributed by atoms with Crippen molar-refractivity contribution in [3.63, 3.8) is 0 Å². The smallest absolute Gasteiger partial charge is 0.335 e. The standard InChI is InChI=1S/C28H32N4O7/c1-4-6-23(34)24(22(33)5-2)25(35)30-20(27(37)38)14-16-7-10-18(11-8-16)32-26(36)19-13-17(15-29)9-12-21(19)31(3)28(32)39/h4,6-13,20,23,33-34H,5,14-15,29H2,1-3H3,(H,30,35)(H,37,38)/b6-4?,24-22-. The van der Waals surface area contributed by atoms with E-state index in [9.17, 15) is 34.5 Å². The van der Waals surface area contributed by atoms with Crippen molar-refractivity contribution in [1.29, 1.82) is 0 Å². The molecule has 3 rings (SSSR count). The minimum atomic E-state index is -1.41. The quantitative estimate of drug-likeness (QED) is 0.147. The lowest BCUT2D eigenvalue weighted by atomic mass is 10.0. The highest BCUT2D eigenvalue weighted by atomic mass is 16.4. The Morgan fingerprint density at radius 3 is 2.28 bits per heavy atom. The van der Waals surface area contributed by atoms with Crippen LogP contribution in [0.3, 0.4) is 0 Å². The maximum Gasteiger partial charge on any atom is 0.335 e. The lowest BCUT2D eigenvalue weighted by molar-refractivity contribution is -0.141. The molecule has 0 aliphatic heterocycles. The van der Waals surface area contributed by atoms with E-state index < -0.39 is 35.3 Å². The number of aliphatic hydroxyl groups is 2. The summed E-state index contributed by atoms with van der Waals surface area (Å²) >= 11 is 0. The van der Waals surface area contributed by atoms with Crippen LogP contribution >= 0.6 is 0 Å². The van der Waals surface area contributed by atoms with Crippen molar-refractivity contribution in [3.05, 3.63) is 97.9 Å². The van der Waals surface area contributed by atoms with Crippen molar-refractivity contribution in [3.8, 4) is 5.69 Å². The summed E-state index contributed by atoms with van der Waals surface area (Å²) in [6.45, 7) is 3.45. The minimum Gasteiger partial charge on any atom is -0.512 e. The Kier molecular flexibility index (Phi) is 9.23. The molecule has 0 aliphatic carbocycles. The van der Waals surface area contributed by atoms with Crippen LogP contribution in [0.4, 0.5) is 0 Å². The van der Waals surface area contributed by atoms with Gasteiger partial charge in [0.2, 0.25) is 0 Å². The Balaban J connectivity index is 1.92. The van der Waals surface area contributed by atoms with Crippen molar-refractivity contribution in [2.24, 2.45) is 12.8 Å². The van der Waals surface area contributed by atoms with Gasteiger partial charge in [-0.1, -0.05) is 37.3 Å². The molecule has 0 fully saturated rings. The summed E-state index contributed by atoms with van der Waals surface area (Å²) in [4.78, 5) is 50.9. The number of hydrogen-bond acceptors (Lipinski definition) is 7. The average molecular weight is 537 g/mol. The van der Waals surface area contributed by atoms with Gasteiger partial charge in [0.15, 0.2) is 0 Å². The van der Waals surface area contributed by atoms with E-state index in [0.29, 0.717) is 16.5 Å². The Labute approximate surface area is 224 Å². The van der Waals surface area contributed by atoms with Crippen LogP contribution in [0.15, 0.2) is 75.5 Å². The number of amides is 1. The molecule has 0 bridgehead atoms. The van der Waals surface area contributed by atoms with Gasteiger partial charge in [-0.05, 0) is 42.3 Å². The Morgan fingerprint density at radius 2 is 1.72 bits per heavy atom. The predicted octanol–water partition coefficient (Wildman–Crippen LogP) is 1.42. The van der Waals surface area contributed by atoms with Gasteiger partial charge in [0.25, 0.3) is 11.5 Å². The Bertz CT molecular complexity index is 1570. The molecule has 2 aromatic carbocycles. The second-order valence-corrected chi connectivity index (χ2v) is 8.96. The third kappa shape index (κ3) is 6.16. The predicted molar refractivity (Wildman–Crippen MR) is 147 cm³/mol. The van der Waals surface area contributed by atoms with Gasteiger partial charge in [-0.2, -0.15) is 0 Å². The summed E-state index contributed by atoms with van der Waals surface area (Å²) < 4.78 is 2.38. The van der Waals surface area contributed by atoms with Crippen LogP contribution in [0.1, 0.15) is 31.4 Å². The second kappa shape index (κ2) is 12.4. The molecule has 11 nitrogen and oxygen atoms in total. The number of carboxylic acids is 1. The molecule has 0 saturated heterocycles. The number of rotatable bonds is 10. The number of nitrogens with two attached hydrogens (primary N) is 1. The highest BCUT2D eigenvalue weighted by Gasteiger charge is 2.27. The molecule has 2 atom stereocenters. The molecule has 1 amide bonds. The molecule has 0 spiro atoms. The number of aromatic nitrogens is 2. The first-order valence-corrected chi connectivity index (χ1v) is 12.3. The molecular weight excluding hydrogens is 504 g/mol. The first kappa shape index (κ1) is 29.1. The number of carbonyl (C=O) groups excluding carboxylic acids is 1. The van der Waals surface area contributed by atoms with Gasteiger partial charge in [-0.25, -0.2) is 14.2 Å². The molecule has 206 valence electrons. The maximum absolute atomic E-state index is 13.2. The number of allylic oxidation sites excluding steroid dienone is 2. The highest BCUT2D eigenvalue weighted by molar-refractivity contribution is 5.97. The normalized spacial score (nSPS) is 13.8. The number of carbonyl (C=O) groups is 2. The van der Waals surface area contributed by atoms with E-state index >= 15 is 0 Å². The van der Waals surface area contributed by atoms with Gasteiger partial charge < -0.3 is 26.4 Å². The van der Waals surface area contributed by atoms with Crippen LogP contribution in [0.5, 0.6) is 0 Å². The van der Waals surface area contributed by atoms with Gasteiger partial charge in [0.1, 0.15) is 17.9 Å². The second-order valence-electron chi connectivity index (χ2n) is 8.96. The van der Waals surface area contributed by atoms with E-state index in [1.54, 1.807) is 51.2 Å². The molecule has 0 saturated carbocycles. The van der Waals surface area contributed by atoms with E-state index in [-0.39, 0.29) is 36.4 Å². The third-order valence-electron chi connectivity index (χ3n) is 6.37. The number of carboxylic acid groups (broad SMARTS) is 1. The van der Waals surface area contributed by atoms with E-state index in [4.69, 9.17) is 5.73 Å². The maximum atomic E-state index is 13.2. The molecule has 0 aliphatic rings. The van der Waals surface area contributed by atoms with Crippen LogP contribution in [0, 0.1) is 0 Å². The number of hydrogen-bond donors (Lipinski definition) is 5. The number of aliphatic carboxylic acids is 1. The summed E-state index contributed by atoms with van der Waals surface area (Å²) in [5.74, 6) is -2.58. The molecule has 6 N–H and O–H groups in total. The molecular formula is C28H32N4O7. The monoisotopic (exact) mass is 536 g/mol. The topological polar surface area (TPSA) is 177 Å². The van der Waals surface area contributed by atoms with Crippen LogP contribution in [-0.2, 0) is 29.6 Å². The van der Waals surface area contributed by atoms with Crippen LogP contribution in [0.2, 0.25) is 0 Å². The van der Waals surface area contributed by atoms with Crippen molar-refractivity contribution < 1.29 is 24.9 Å². The summed E-state index contributed by atoms with van der Waals surface area (Å²) in [6.07, 6.45) is 1.32. The highest BCUT2D eigenvalue weighted by Crippen LogP contribution is 2.16. The van der Waals surface area contributed by atoms with E-state index in [2.05, 4.69) is 5.32 Å². The van der Waals surface area contributed by atoms with Gasteiger partial charge in [0, 0.05) is 26.4 Å². The number of nitrogens with one attached hydrogen (secondary N) is 1. The zero-order valence-corrected chi connectivity index (χ0v) is 21.9. The molecule has 3 aromatic rings. The fourth-order valence-corrected chi connectivity index (χ4v) is 4.22. The molecule has 11 heteroatoms. The molecule has 39 heavy (non-hydrogen) atoms. The molecule has 0 radical (unpaired) electrons. The number of benzene rings is 2. The van der Waals surface area contributed by atoms with Crippen molar-refractivity contribution in [2.45, 2.75) is 45.4 Å². The molecule has 2 unspecified atom stereocenters. The lowest BCUT2D eigenvalue weighted by Gasteiger charge is -2.19. The first-order chi connectivity index (χ1) is 18.5. The van der Waals surface area contributed by atoms with Crippen LogP contribution in [0.25, 0.3) is 16.6 Å². The van der Waals surface area contributed by atoms with Gasteiger partial charge in [-0.3, -0.25) is 14.2 Å². The fraction of sp³-hybridized carbons (Fsp3) is 0.286. The van der Waals surface area contributed by atoms with Gasteiger partial charge in [-0.15, -0.1) is 0 Å². The number of aliphatic hydroxyl groups excluding tert-OH is 2. The minimum absolute atomic E-state index is 0.0672. The zero-order valence-electron chi connectivity index (χ0n) is 21.9. The first-order valence-electron chi connectivity index (χ1n) is 12.3. The van der Waals surface area contributed by atoms with Gasteiger partial charge in [0.05, 0.1) is 22.2 Å². The summed E-state index contributed by atoms with van der Waals surface area (Å²) in [5.41, 5.74) is 6.31. The molecule has 1 aromatic heterocycles. The third-order valence-corrected chi connectivity index (χ3v) is 6.37. The van der Waals surface area contributed by atoms with E-state index in [1.165, 1.54) is 28.9 Å². The van der Waals surface area contributed by atoms with Crippen molar-refractivity contribution in [2.75, 3.05) is 0 Å². The van der Waals surface area contributed by atoms with E-state index in [0.717, 1.165) is 10.1 Å². The van der Waals surface area contributed by atoms with Crippen LogP contribution < -0.4 is 22.3 Å². The molecule has 1 heterocycles. The largest absolute Gasteiger partial charge is 0.512 e. The zero-order chi connectivity index (χ0) is 28.9. The summed E-state index contributed by atoms with van der Waals surface area (Å²) in [5, 5.41) is 32.8. The summed E-state index contributed by atoms with van der Waals surface area (Å²) in [6, 6.07) is 9.83.